The lowest BCUT2D eigenvalue weighted by Gasteiger charge is -2.01. The van der Waals surface area contributed by atoms with Gasteiger partial charge >= 0.3 is 8.25 Å². The van der Waals surface area contributed by atoms with Gasteiger partial charge in [0.2, 0.25) is 0 Å². The summed E-state index contributed by atoms with van der Waals surface area (Å²) in [5.41, 5.74) is 0. The summed E-state index contributed by atoms with van der Waals surface area (Å²) in [5, 5.41) is 18.3. The molecule has 0 aliphatic carbocycles. The van der Waals surface area contributed by atoms with Crippen molar-refractivity contribution >= 4 is 30.9 Å². The van der Waals surface area contributed by atoms with Crippen LogP contribution in [0.25, 0.3) is 0 Å². The molecule has 2 rings (SSSR count). The molecule has 0 N–H and O–H groups in total. The first kappa shape index (κ1) is 17.5. The third kappa shape index (κ3) is 5.76. The van der Waals surface area contributed by atoms with E-state index < -0.39 is 8.25 Å². The average Bonchev–Trinajstić information content (AvgIpc) is 3.13. The summed E-state index contributed by atoms with van der Waals surface area (Å²) in [6, 6.07) is 0. The minimum atomic E-state index is -2.63. The van der Waals surface area contributed by atoms with Gasteiger partial charge in [0.1, 0.15) is 33.2 Å². The van der Waals surface area contributed by atoms with E-state index in [9.17, 15) is 4.57 Å². The van der Waals surface area contributed by atoms with Gasteiger partial charge in [-0.15, -0.1) is 20.4 Å². The molecule has 0 unspecified atom stereocenters. The SMILES string of the molecule is COCc1nnc(CO[PH](=O)OCc2nnc(COC)s2)s1. The maximum absolute atomic E-state index is 11.7. The Morgan fingerprint density at radius 3 is 1.50 bits per heavy atom. The fourth-order valence-electron chi connectivity index (χ4n) is 1.34. The van der Waals surface area contributed by atoms with E-state index in [1.54, 1.807) is 14.2 Å². The molecule has 0 saturated heterocycles. The fraction of sp³-hybridized carbons (Fsp3) is 0.600. The van der Waals surface area contributed by atoms with Crippen LogP contribution in [0.15, 0.2) is 0 Å². The van der Waals surface area contributed by atoms with Crippen molar-refractivity contribution in [3.8, 4) is 0 Å². The minimum Gasteiger partial charge on any atom is -0.377 e. The number of hydrogen-bond acceptors (Lipinski definition) is 11. The Kier molecular flexibility index (Phi) is 7.46. The zero-order valence-electron chi connectivity index (χ0n) is 12.0. The molecule has 0 bridgehead atoms. The molecule has 0 saturated carbocycles. The van der Waals surface area contributed by atoms with Crippen molar-refractivity contribution < 1.29 is 23.1 Å². The zero-order valence-corrected chi connectivity index (χ0v) is 14.6. The van der Waals surface area contributed by atoms with Gasteiger partial charge in [0, 0.05) is 14.2 Å². The minimum absolute atomic E-state index is 0.0875. The van der Waals surface area contributed by atoms with E-state index in [4.69, 9.17) is 18.5 Å². The monoisotopic (exact) mass is 366 g/mol. The highest BCUT2D eigenvalue weighted by Gasteiger charge is 2.09. The van der Waals surface area contributed by atoms with Crippen molar-refractivity contribution in [1.82, 2.24) is 20.4 Å². The molecular formula is C10H15N4O5PS2. The molecule has 12 heteroatoms. The quantitative estimate of drug-likeness (QED) is 0.582. The highest BCUT2D eigenvalue weighted by atomic mass is 32.1. The molecule has 2 aromatic heterocycles. The third-order valence-corrected chi connectivity index (χ3v) is 4.68. The average molecular weight is 366 g/mol. The van der Waals surface area contributed by atoms with E-state index in [1.807, 2.05) is 0 Å². The van der Waals surface area contributed by atoms with Crippen molar-refractivity contribution in [3.63, 3.8) is 0 Å². The maximum atomic E-state index is 11.7. The molecule has 2 aromatic rings. The summed E-state index contributed by atoms with van der Waals surface area (Å²) in [6.45, 7) is 0.961. The summed E-state index contributed by atoms with van der Waals surface area (Å²) in [5.74, 6) is 0. The number of methoxy groups -OCH3 is 2. The van der Waals surface area contributed by atoms with Crippen molar-refractivity contribution in [3.05, 3.63) is 20.0 Å². The van der Waals surface area contributed by atoms with Crippen LogP contribution in [-0.2, 0) is 49.5 Å². The number of aromatic nitrogens is 4. The number of ether oxygens (including phenoxy) is 2. The standard InChI is InChI=1S/C10H15N4O5PS2/c1-16-3-7-11-13-9(21-7)5-18-20(15)19-6-10-14-12-8(22-10)4-17-2/h20H,3-6H2,1-2H3. The zero-order chi connectivity index (χ0) is 15.8. The van der Waals surface area contributed by atoms with Gasteiger partial charge in [-0.3, -0.25) is 4.57 Å². The Morgan fingerprint density at radius 2 is 1.14 bits per heavy atom. The lowest BCUT2D eigenvalue weighted by Crippen LogP contribution is -1.89. The molecule has 0 atom stereocenters. The van der Waals surface area contributed by atoms with Crippen molar-refractivity contribution in [2.75, 3.05) is 14.2 Å². The highest BCUT2D eigenvalue weighted by Crippen LogP contribution is 2.28. The predicted octanol–water partition coefficient (Wildman–Crippen LogP) is 1.81. The summed E-state index contributed by atoms with van der Waals surface area (Å²) in [6.07, 6.45) is 0. The molecule has 22 heavy (non-hydrogen) atoms. The Balaban J connectivity index is 1.70. The molecule has 0 aliphatic rings. The van der Waals surface area contributed by atoms with Gasteiger partial charge in [-0.05, 0) is 0 Å². The van der Waals surface area contributed by atoms with Gasteiger partial charge < -0.3 is 18.5 Å². The molecule has 0 amide bonds. The topological polar surface area (TPSA) is 106 Å². The Labute approximate surface area is 135 Å². The van der Waals surface area contributed by atoms with Gasteiger partial charge in [0.25, 0.3) is 0 Å². The molecule has 0 aromatic carbocycles. The molecule has 0 radical (unpaired) electrons. The van der Waals surface area contributed by atoms with Crippen LogP contribution in [-0.4, -0.2) is 34.6 Å². The van der Waals surface area contributed by atoms with Gasteiger partial charge in [0.15, 0.2) is 0 Å². The van der Waals surface area contributed by atoms with Crippen molar-refractivity contribution in [2.45, 2.75) is 26.4 Å². The van der Waals surface area contributed by atoms with E-state index in [0.29, 0.717) is 23.2 Å². The molecule has 9 nitrogen and oxygen atoms in total. The first-order chi connectivity index (χ1) is 10.7. The number of nitrogens with zero attached hydrogens (tertiary/aromatic N) is 4. The molecule has 0 fully saturated rings. The summed E-state index contributed by atoms with van der Waals surface area (Å²) in [4.78, 5) is 0. The Hall–Kier alpha value is -0.810. The van der Waals surface area contributed by atoms with Crippen LogP contribution in [0.5, 0.6) is 0 Å². The predicted molar refractivity (Wildman–Crippen MR) is 79.8 cm³/mol. The lowest BCUT2D eigenvalue weighted by molar-refractivity contribution is 0.184. The second kappa shape index (κ2) is 9.36. The van der Waals surface area contributed by atoms with Crippen LogP contribution in [0, 0.1) is 0 Å². The normalized spacial score (nSPS) is 11.4. The van der Waals surface area contributed by atoms with Gasteiger partial charge in [-0.1, -0.05) is 22.7 Å². The first-order valence-corrected chi connectivity index (χ1v) is 8.97. The Morgan fingerprint density at radius 1 is 0.773 bits per heavy atom. The van der Waals surface area contributed by atoms with Crippen LogP contribution >= 0.6 is 30.9 Å². The number of rotatable bonds is 10. The van der Waals surface area contributed by atoms with Gasteiger partial charge in [0.05, 0.1) is 13.2 Å². The van der Waals surface area contributed by atoms with Crippen LogP contribution in [0.4, 0.5) is 0 Å². The van der Waals surface area contributed by atoms with E-state index >= 15 is 0 Å². The van der Waals surface area contributed by atoms with Crippen molar-refractivity contribution in [1.29, 1.82) is 0 Å². The van der Waals surface area contributed by atoms with Gasteiger partial charge in [-0.25, -0.2) is 0 Å². The highest BCUT2D eigenvalue weighted by molar-refractivity contribution is 7.33. The smallest absolute Gasteiger partial charge is 0.319 e. The van der Waals surface area contributed by atoms with Crippen LogP contribution < -0.4 is 0 Å². The molecule has 2 heterocycles. The molecular weight excluding hydrogens is 351 g/mol. The van der Waals surface area contributed by atoms with Crippen LogP contribution in [0.1, 0.15) is 20.0 Å². The molecule has 0 aliphatic heterocycles. The lowest BCUT2D eigenvalue weighted by atomic mass is 10.8. The fourth-order valence-corrected chi connectivity index (χ4v) is 3.60. The number of hydrogen-bond donors (Lipinski definition) is 0. The molecule has 0 spiro atoms. The Bertz CT molecular complexity index is 557. The van der Waals surface area contributed by atoms with E-state index in [2.05, 4.69) is 20.4 Å². The largest absolute Gasteiger partial charge is 0.377 e. The second-order valence-corrected chi connectivity index (χ2v) is 7.24. The van der Waals surface area contributed by atoms with Crippen molar-refractivity contribution in [2.24, 2.45) is 0 Å². The summed E-state index contributed by atoms with van der Waals surface area (Å²) >= 11 is 2.68. The van der Waals surface area contributed by atoms with E-state index in [0.717, 1.165) is 10.0 Å². The molecule has 122 valence electrons. The first-order valence-electron chi connectivity index (χ1n) is 6.11. The van der Waals surface area contributed by atoms with Gasteiger partial charge in [-0.2, -0.15) is 0 Å². The second-order valence-electron chi connectivity index (χ2n) is 3.87. The van der Waals surface area contributed by atoms with Crippen LogP contribution in [0.3, 0.4) is 0 Å². The summed E-state index contributed by atoms with van der Waals surface area (Å²) in [7, 11) is 0.533. The van der Waals surface area contributed by atoms with Crippen LogP contribution in [0.2, 0.25) is 0 Å². The maximum Gasteiger partial charge on any atom is 0.319 e. The summed E-state index contributed by atoms with van der Waals surface area (Å²) < 4.78 is 31.8. The third-order valence-electron chi connectivity index (χ3n) is 2.18. The van der Waals surface area contributed by atoms with E-state index in [1.165, 1.54) is 22.7 Å². The van der Waals surface area contributed by atoms with E-state index in [-0.39, 0.29) is 13.2 Å².